The predicted molar refractivity (Wildman–Crippen MR) is 185 cm³/mol. The largest absolute Gasteiger partial charge is 0.438 e. The van der Waals surface area contributed by atoms with E-state index >= 15 is 0 Å². The molecule has 0 bridgehead atoms. The number of nitrogens with zero attached hydrogens (tertiary/aromatic N) is 6. The second kappa shape index (κ2) is 11.1. The van der Waals surface area contributed by atoms with Crippen molar-refractivity contribution in [2.45, 2.75) is 0 Å². The average Bonchev–Trinajstić information content (AvgIpc) is 3.54. The van der Waals surface area contributed by atoms with Crippen molar-refractivity contribution in [2.24, 2.45) is 0 Å². The van der Waals surface area contributed by atoms with Crippen molar-refractivity contribution >= 4 is 32.8 Å². The second-order valence-corrected chi connectivity index (χ2v) is 11.2. The molecule has 0 saturated carbocycles. The molecular weight excluding hydrogens is 580 g/mol. The van der Waals surface area contributed by atoms with Crippen molar-refractivity contribution in [1.29, 1.82) is 0 Å². The number of para-hydroxylation sites is 1. The average molecular weight is 605 g/mol. The first kappa shape index (κ1) is 26.8. The fourth-order valence-corrected chi connectivity index (χ4v) is 6.06. The van der Waals surface area contributed by atoms with Crippen LogP contribution < -0.4 is 0 Å². The molecule has 0 aliphatic carbocycles. The number of fused-ring (bicyclic) bond motifs is 4. The lowest BCUT2D eigenvalue weighted by Gasteiger charge is -2.11. The maximum Gasteiger partial charge on any atom is 0.231 e. The van der Waals surface area contributed by atoms with Crippen molar-refractivity contribution in [1.82, 2.24) is 29.9 Å². The molecule has 0 radical (unpaired) electrons. The Balaban J connectivity index is 1.14. The minimum Gasteiger partial charge on any atom is -0.438 e. The molecular formula is C40H24N6O. The summed E-state index contributed by atoms with van der Waals surface area (Å²) in [5.74, 6) is 1.89. The Bertz CT molecular complexity index is 2520. The van der Waals surface area contributed by atoms with E-state index in [2.05, 4.69) is 40.3 Å². The van der Waals surface area contributed by atoms with Crippen LogP contribution in [0, 0.1) is 0 Å². The predicted octanol–water partition coefficient (Wildman–Crippen LogP) is 9.44. The molecule has 0 amide bonds. The van der Waals surface area contributed by atoms with Gasteiger partial charge in [0.1, 0.15) is 17.6 Å². The van der Waals surface area contributed by atoms with Crippen LogP contribution in [0.3, 0.4) is 0 Å². The number of pyridine rings is 1. The molecule has 0 spiro atoms. The third-order valence-corrected chi connectivity index (χ3v) is 8.32. The number of aromatic nitrogens is 6. The van der Waals surface area contributed by atoms with Crippen molar-refractivity contribution in [3.05, 3.63) is 146 Å². The molecule has 4 aromatic heterocycles. The van der Waals surface area contributed by atoms with Crippen LogP contribution in [0.1, 0.15) is 0 Å². The van der Waals surface area contributed by atoms with E-state index in [4.69, 9.17) is 24.4 Å². The summed E-state index contributed by atoms with van der Waals surface area (Å²) in [6.07, 6.45) is 3.36. The highest BCUT2D eigenvalue weighted by Gasteiger charge is 2.18. The zero-order valence-electron chi connectivity index (χ0n) is 24.9. The second-order valence-electron chi connectivity index (χ2n) is 11.2. The van der Waals surface area contributed by atoms with E-state index in [0.717, 1.165) is 66.3 Å². The quantitative estimate of drug-likeness (QED) is 0.193. The van der Waals surface area contributed by atoms with Gasteiger partial charge in [0.25, 0.3) is 0 Å². The Kier molecular flexibility index (Phi) is 6.31. The molecule has 0 atom stereocenters. The fraction of sp³-hybridized carbons (Fsp3) is 0. The molecule has 0 unspecified atom stereocenters. The summed E-state index contributed by atoms with van der Waals surface area (Å²) in [6, 6.07) is 44.7. The Morgan fingerprint density at radius 3 is 1.83 bits per heavy atom. The number of hydrogen-bond donors (Lipinski definition) is 0. The van der Waals surface area contributed by atoms with Gasteiger partial charge in [0, 0.05) is 33.7 Å². The summed E-state index contributed by atoms with van der Waals surface area (Å²) < 4.78 is 6.02. The van der Waals surface area contributed by atoms with Crippen LogP contribution >= 0.6 is 0 Å². The van der Waals surface area contributed by atoms with Crippen LogP contribution in [0.15, 0.2) is 150 Å². The molecule has 0 fully saturated rings. The van der Waals surface area contributed by atoms with Gasteiger partial charge in [-0.05, 0) is 40.8 Å². The smallest absolute Gasteiger partial charge is 0.231 e. The third-order valence-electron chi connectivity index (χ3n) is 8.32. The minimum absolute atomic E-state index is 0.549. The Morgan fingerprint density at radius 1 is 0.426 bits per heavy atom. The molecule has 0 aliphatic rings. The minimum atomic E-state index is 0.549. The SMILES string of the molecule is c1ccc(-c2nc(-c3ccccc3)nc(-c3cccc(-c4ccc5c(-c6ncnc7oc8ccccc8c67)nccc5c4)c3)n2)cc1. The van der Waals surface area contributed by atoms with Gasteiger partial charge >= 0.3 is 0 Å². The Morgan fingerprint density at radius 2 is 1.06 bits per heavy atom. The van der Waals surface area contributed by atoms with Gasteiger partial charge in [-0.15, -0.1) is 0 Å². The van der Waals surface area contributed by atoms with E-state index in [9.17, 15) is 0 Å². The summed E-state index contributed by atoms with van der Waals surface area (Å²) in [7, 11) is 0. The zero-order valence-corrected chi connectivity index (χ0v) is 24.9. The third kappa shape index (κ3) is 4.78. The molecule has 0 N–H and O–H groups in total. The van der Waals surface area contributed by atoms with E-state index in [1.165, 1.54) is 6.33 Å². The normalized spacial score (nSPS) is 11.4. The number of rotatable bonds is 5. The highest BCUT2D eigenvalue weighted by molar-refractivity contribution is 6.12. The molecule has 9 rings (SSSR count). The van der Waals surface area contributed by atoms with Crippen LogP contribution in [0.2, 0.25) is 0 Å². The highest BCUT2D eigenvalue weighted by Crippen LogP contribution is 2.37. The van der Waals surface area contributed by atoms with E-state index in [1.807, 2.05) is 109 Å². The van der Waals surface area contributed by atoms with Crippen LogP contribution in [0.25, 0.3) is 89.5 Å². The number of hydrogen-bond acceptors (Lipinski definition) is 7. The van der Waals surface area contributed by atoms with Gasteiger partial charge in [-0.1, -0.05) is 109 Å². The lowest BCUT2D eigenvalue weighted by atomic mass is 9.98. The molecule has 7 heteroatoms. The molecule has 5 aromatic carbocycles. The molecule has 0 saturated heterocycles. The Labute approximate surface area is 269 Å². The molecule has 9 aromatic rings. The van der Waals surface area contributed by atoms with E-state index in [1.54, 1.807) is 0 Å². The van der Waals surface area contributed by atoms with Gasteiger partial charge in [0.05, 0.1) is 11.1 Å². The first-order valence-corrected chi connectivity index (χ1v) is 15.3. The standard InChI is InChI=1S/C40H24N6O/c1-3-10-25(11-4-1)37-44-38(26-12-5-2-6-13-26)46-39(45-37)30-15-9-14-27(23-30)28-18-19-31-29(22-28)20-21-41-35(31)36-34-32-16-7-8-17-33(32)47-40(34)43-24-42-36/h1-24H. The van der Waals surface area contributed by atoms with Crippen LogP contribution in [-0.4, -0.2) is 29.9 Å². The summed E-state index contributed by atoms with van der Waals surface area (Å²) in [5.41, 5.74) is 7.76. The van der Waals surface area contributed by atoms with Crippen molar-refractivity contribution in [3.63, 3.8) is 0 Å². The van der Waals surface area contributed by atoms with Gasteiger partial charge in [-0.2, -0.15) is 0 Å². The lowest BCUT2D eigenvalue weighted by Crippen LogP contribution is -2.00. The van der Waals surface area contributed by atoms with E-state index < -0.39 is 0 Å². The Hall–Kier alpha value is -6.60. The summed E-state index contributed by atoms with van der Waals surface area (Å²) >= 11 is 0. The van der Waals surface area contributed by atoms with Gasteiger partial charge in [0.15, 0.2) is 17.5 Å². The maximum atomic E-state index is 6.02. The maximum absolute atomic E-state index is 6.02. The van der Waals surface area contributed by atoms with Crippen LogP contribution in [0.5, 0.6) is 0 Å². The van der Waals surface area contributed by atoms with Gasteiger partial charge in [-0.3, -0.25) is 4.98 Å². The molecule has 7 nitrogen and oxygen atoms in total. The van der Waals surface area contributed by atoms with Crippen molar-refractivity contribution in [2.75, 3.05) is 0 Å². The molecule has 4 heterocycles. The van der Waals surface area contributed by atoms with Crippen LogP contribution in [0.4, 0.5) is 0 Å². The summed E-state index contributed by atoms with van der Waals surface area (Å²) in [6.45, 7) is 0. The topological polar surface area (TPSA) is 90.5 Å². The number of furan rings is 1. The molecule has 220 valence electrons. The first-order valence-electron chi connectivity index (χ1n) is 15.3. The van der Waals surface area contributed by atoms with Gasteiger partial charge < -0.3 is 4.42 Å². The van der Waals surface area contributed by atoms with Crippen molar-refractivity contribution in [3.8, 4) is 56.7 Å². The van der Waals surface area contributed by atoms with Gasteiger partial charge in [-0.25, -0.2) is 24.9 Å². The fourth-order valence-electron chi connectivity index (χ4n) is 6.06. The monoisotopic (exact) mass is 604 g/mol. The summed E-state index contributed by atoms with van der Waals surface area (Å²) in [5, 5.41) is 3.88. The lowest BCUT2D eigenvalue weighted by molar-refractivity contribution is 0.653. The zero-order chi connectivity index (χ0) is 31.2. The van der Waals surface area contributed by atoms with E-state index in [-0.39, 0.29) is 0 Å². The molecule has 47 heavy (non-hydrogen) atoms. The summed E-state index contributed by atoms with van der Waals surface area (Å²) in [4.78, 5) is 28.5. The number of benzene rings is 5. The highest BCUT2D eigenvalue weighted by atomic mass is 16.3. The first-order chi connectivity index (χ1) is 23.3. The van der Waals surface area contributed by atoms with E-state index in [0.29, 0.717) is 23.2 Å². The molecule has 0 aliphatic heterocycles. The van der Waals surface area contributed by atoms with Crippen LogP contribution in [-0.2, 0) is 0 Å². The van der Waals surface area contributed by atoms with Crippen molar-refractivity contribution < 1.29 is 4.42 Å². The van der Waals surface area contributed by atoms with Gasteiger partial charge in [0.2, 0.25) is 5.71 Å².